The number of hydrogen-bond acceptors (Lipinski definition) is 3. The Hall–Kier alpha value is -2.38. The summed E-state index contributed by atoms with van der Waals surface area (Å²) in [5.74, 6) is -0.315. The Morgan fingerprint density at radius 3 is 2.85 bits per heavy atom. The third kappa shape index (κ3) is 3.56. The second-order valence-corrected chi connectivity index (χ2v) is 4.40. The van der Waals surface area contributed by atoms with Crippen molar-refractivity contribution in [1.29, 1.82) is 5.26 Å². The van der Waals surface area contributed by atoms with E-state index in [1.165, 1.54) is 12.1 Å². The molecule has 0 aliphatic rings. The highest BCUT2D eigenvalue weighted by Gasteiger charge is 2.04. The van der Waals surface area contributed by atoms with Crippen molar-refractivity contribution in [1.82, 2.24) is 0 Å². The van der Waals surface area contributed by atoms with Gasteiger partial charge in [-0.3, -0.25) is 0 Å². The molecule has 4 heteroatoms. The summed E-state index contributed by atoms with van der Waals surface area (Å²) in [6.07, 6.45) is 0. The van der Waals surface area contributed by atoms with Gasteiger partial charge in [-0.15, -0.1) is 0 Å². The Morgan fingerprint density at radius 2 is 2.10 bits per heavy atom. The van der Waals surface area contributed by atoms with Crippen LogP contribution in [0, 0.1) is 17.1 Å². The molecule has 0 amide bonds. The van der Waals surface area contributed by atoms with Crippen LogP contribution < -0.4 is 5.32 Å². The molecule has 0 heterocycles. The second-order valence-electron chi connectivity index (χ2n) is 4.40. The van der Waals surface area contributed by atoms with Gasteiger partial charge in [0, 0.05) is 24.9 Å². The average molecular weight is 270 g/mol. The smallest absolute Gasteiger partial charge is 0.128 e. The van der Waals surface area contributed by atoms with E-state index in [0.29, 0.717) is 24.3 Å². The number of benzene rings is 2. The summed E-state index contributed by atoms with van der Waals surface area (Å²) >= 11 is 0. The first kappa shape index (κ1) is 14.0. The molecule has 2 aromatic rings. The summed E-state index contributed by atoms with van der Waals surface area (Å²) in [5.41, 5.74) is 2.86. The van der Waals surface area contributed by atoms with Crippen molar-refractivity contribution in [2.24, 2.45) is 0 Å². The molecule has 0 radical (unpaired) electrons. The number of nitrogens with zero attached hydrogens (tertiary/aromatic N) is 1. The molecule has 0 aliphatic carbocycles. The van der Waals surface area contributed by atoms with Gasteiger partial charge in [-0.25, -0.2) is 4.39 Å². The molecule has 2 rings (SSSR count). The van der Waals surface area contributed by atoms with E-state index in [1.54, 1.807) is 13.2 Å². The first-order valence-corrected chi connectivity index (χ1v) is 6.23. The van der Waals surface area contributed by atoms with E-state index in [2.05, 4.69) is 5.32 Å². The molecule has 0 bridgehead atoms. The number of nitriles is 1. The maximum atomic E-state index is 13.6. The minimum atomic E-state index is -0.315. The van der Waals surface area contributed by atoms with E-state index in [4.69, 9.17) is 10.00 Å². The molecule has 3 nitrogen and oxygen atoms in total. The van der Waals surface area contributed by atoms with Gasteiger partial charge >= 0.3 is 0 Å². The fourth-order valence-corrected chi connectivity index (χ4v) is 1.91. The Bertz CT molecular complexity index is 635. The maximum Gasteiger partial charge on any atom is 0.128 e. The number of nitrogens with one attached hydrogen (secondary N) is 1. The predicted molar refractivity (Wildman–Crippen MR) is 75.6 cm³/mol. The van der Waals surface area contributed by atoms with E-state index in [9.17, 15) is 4.39 Å². The van der Waals surface area contributed by atoms with Crippen molar-refractivity contribution in [3.8, 4) is 6.07 Å². The van der Waals surface area contributed by atoms with Crippen LogP contribution in [0.2, 0.25) is 0 Å². The molecule has 0 aromatic heterocycles. The number of rotatable bonds is 5. The third-order valence-corrected chi connectivity index (χ3v) is 2.90. The molecule has 1 N–H and O–H groups in total. The number of hydrogen-bond donors (Lipinski definition) is 1. The number of ether oxygens (including phenoxy) is 1. The molecule has 0 atom stereocenters. The van der Waals surface area contributed by atoms with Gasteiger partial charge in [-0.2, -0.15) is 5.26 Å². The molecule has 0 saturated carbocycles. The first-order chi connectivity index (χ1) is 9.72. The van der Waals surface area contributed by atoms with Gasteiger partial charge in [-0.1, -0.05) is 12.1 Å². The third-order valence-electron chi connectivity index (χ3n) is 2.90. The quantitative estimate of drug-likeness (QED) is 0.905. The minimum Gasteiger partial charge on any atom is -0.381 e. The first-order valence-electron chi connectivity index (χ1n) is 6.23. The van der Waals surface area contributed by atoms with E-state index in [1.807, 2.05) is 30.3 Å². The summed E-state index contributed by atoms with van der Waals surface area (Å²) in [7, 11) is 1.64. The van der Waals surface area contributed by atoms with Gasteiger partial charge < -0.3 is 10.1 Å². The highest BCUT2D eigenvalue weighted by Crippen LogP contribution is 2.15. The highest BCUT2D eigenvalue weighted by molar-refractivity contribution is 5.46. The van der Waals surface area contributed by atoms with Gasteiger partial charge in [0.1, 0.15) is 5.82 Å². The Balaban J connectivity index is 2.09. The average Bonchev–Trinajstić information content (AvgIpc) is 2.47. The summed E-state index contributed by atoms with van der Waals surface area (Å²) in [6.45, 7) is 0.867. The Morgan fingerprint density at radius 1 is 1.25 bits per heavy atom. The van der Waals surface area contributed by atoms with Crippen LogP contribution in [0.25, 0.3) is 0 Å². The van der Waals surface area contributed by atoms with Crippen LogP contribution >= 0.6 is 0 Å². The Labute approximate surface area is 117 Å². The standard InChI is InChI=1S/C16H15FN2O/c1-20-11-13-3-2-4-15(8-13)19-10-14-7-12(9-18)5-6-16(14)17/h2-8,19H,10-11H2,1H3. The van der Waals surface area contributed by atoms with E-state index < -0.39 is 0 Å². The van der Waals surface area contributed by atoms with Crippen LogP contribution in [-0.4, -0.2) is 7.11 Å². The molecule has 0 saturated heterocycles. The molecule has 0 fully saturated rings. The SMILES string of the molecule is COCc1cccc(NCc2cc(C#N)ccc2F)c1. The number of methoxy groups -OCH3 is 1. The zero-order valence-corrected chi connectivity index (χ0v) is 11.2. The van der Waals surface area contributed by atoms with Gasteiger partial charge in [0.15, 0.2) is 0 Å². The lowest BCUT2D eigenvalue weighted by Gasteiger charge is -2.09. The summed E-state index contributed by atoms with van der Waals surface area (Å²) in [4.78, 5) is 0. The molecule has 0 aliphatic heterocycles. The van der Waals surface area contributed by atoms with Gasteiger partial charge in [0.25, 0.3) is 0 Å². The van der Waals surface area contributed by atoms with Crippen molar-refractivity contribution in [2.75, 3.05) is 12.4 Å². The van der Waals surface area contributed by atoms with Gasteiger partial charge in [0.2, 0.25) is 0 Å². The van der Waals surface area contributed by atoms with Crippen LogP contribution in [0.4, 0.5) is 10.1 Å². The van der Waals surface area contributed by atoms with Crippen LogP contribution in [0.1, 0.15) is 16.7 Å². The lowest BCUT2D eigenvalue weighted by Crippen LogP contribution is -2.03. The summed E-state index contributed by atoms with van der Waals surface area (Å²) in [6, 6.07) is 14.1. The topological polar surface area (TPSA) is 45.0 Å². The van der Waals surface area contributed by atoms with Crippen molar-refractivity contribution < 1.29 is 9.13 Å². The van der Waals surface area contributed by atoms with Crippen molar-refractivity contribution in [2.45, 2.75) is 13.2 Å². The molecule has 0 spiro atoms. The largest absolute Gasteiger partial charge is 0.381 e. The molecule has 2 aromatic carbocycles. The predicted octanol–water partition coefficient (Wildman–Crippen LogP) is 3.46. The molecule has 0 unspecified atom stereocenters. The Kier molecular flexibility index (Phi) is 4.70. The molecule has 20 heavy (non-hydrogen) atoms. The minimum absolute atomic E-state index is 0.315. The van der Waals surface area contributed by atoms with Crippen LogP contribution in [0.3, 0.4) is 0 Å². The van der Waals surface area contributed by atoms with E-state index >= 15 is 0 Å². The highest BCUT2D eigenvalue weighted by atomic mass is 19.1. The van der Waals surface area contributed by atoms with Crippen LogP contribution in [-0.2, 0) is 17.9 Å². The van der Waals surface area contributed by atoms with Crippen molar-refractivity contribution >= 4 is 5.69 Å². The molecular formula is C16H15FN2O. The van der Waals surface area contributed by atoms with E-state index in [0.717, 1.165) is 11.3 Å². The second kappa shape index (κ2) is 6.69. The summed E-state index contributed by atoms with van der Waals surface area (Å²) in [5, 5.41) is 12.0. The molecule has 102 valence electrons. The van der Waals surface area contributed by atoms with Crippen molar-refractivity contribution in [3.63, 3.8) is 0 Å². The fraction of sp³-hybridized carbons (Fsp3) is 0.188. The zero-order valence-electron chi connectivity index (χ0n) is 11.2. The van der Waals surface area contributed by atoms with Crippen LogP contribution in [0.15, 0.2) is 42.5 Å². The zero-order chi connectivity index (χ0) is 14.4. The van der Waals surface area contributed by atoms with Crippen molar-refractivity contribution in [3.05, 3.63) is 65.0 Å². The number of anilines is 1. The van der Waals surface area contributed by atoms with Gasteiger partial charge in [-0.05, 0) is 35.9 Å². The summed E-state index contributed by atoms with van der Waals surface area (Å²) < 4.78 is 18.7. The maximum absolute atomic E-state index is 13.6. The monoisotopic (exact) mass is 270 g/mol. The lowest BCUT2D eigenvalue weighted by molar-refractivity contribution is 0.185. The molecular weight excluding hydrogens is 255 g/mol. The fourth-order valence-electron chi connectivity index (χ4n) is 1.91. The normalized spacial score (nSPS) is 10.1. The van der Waals surface area contributed by atoms with E-state index in [-0.39, 0.29) is 5.82 Å². The van der Waals surface area contributed by atoms with Gasteiger partial charge in [0.05, 0.1) is 18.2 Å². The number of halogens is 1. The lowest BCUT2D eigenvalue weighted by atomic mass is 10.1. The van der Waals surface area contributed by atoms with Crippen LogP contribution in [0.5, 0.6) is 0 Å².